The molecule has 0 unspecified atom stereocenters. The molecule has 1 fully saturated rings. The SMILES string of the molecule is COc1ccc(C(=O)CN(C)CCOCC2CC2)cc1. The zero-order chi connectivity index (χ0) is 14.4. The zero-order valence-corrected chi connectivity index (χ0v) is 12.3. The van der Waals surface area contributed by atoms with Crippen molar-refractivity contribution < 1.29 is 14.3 Å². The minimum atomic E-state index is 0.123. The standard InChI is InChI=1S/C16H23NO3/c1-17(9-10-20-12-13-3-4-13)11-16(18)14-5-7-15(19-2)8-6-14/h5-8,13H,3-4,9-12H2,1-2H3. The molecule has 2 rings (SSSR count). The van der Waals surface area contributed by atoms with E-state index in [0.29, 0.717) is 13.2 Å². The summed E-state index contributed by atoms with van der Waals surface area (Å²) in [6.45, 7) is 2.77. The number of hydrogen-bond donors (Lipinski definition) is 0. The average molecular weight is 277 g/mol. The van der Waals surface area contributed by atoms with Crippen LogP contribution < -0.4 is 4.74 Å². The quantitative estimate of drug-likeness (QED) is 0.512. The predicted molar refractivity (Wildman–Crippen MR) is 78.4 cm³/mol. The van der Waals surface area contributed by atoms with E-state index in [-0.39, 0.29) is 5.78 Å². The van der Waals surface area contributed by atoms with Crippen molar-refractivity contribution in [1.82, 2.24) is 4.90 Å². The topological polar surface area (TPSA) is 38.8 Å². The van der Waals surface area contributed by atoms with Gasteiger partial charge in [-0.15, -0.1) is 0 Å². The largest absolute Gasteiger partial charge is 0.497 e. The number of Topliss-reactive ketones (excluding diaryl/α,β-unsaturated/α-hetero) is 1. The van der Waals surface area contributed by atoms with Gasteiger partial charge in [0.15, 0.2) is 5.78 Å². The first-order chi connectivity index (χ1) is 9.69. The third-order valence-electron chi connectivity index (χ3n) is 3.49. The molecule has 0 aromatic heterocycles. The van der Waals surface area contributed by atoms with Crippen molar-refractivity contribution in [3.8, 4) is 5.75 Å². The molecule has 1 aromatic rings. The Balaban J connectivity index is 1.68. The van der Waals surface area contributed by atoms with Crippen LogP contribution in [0.5, 0.6) is 5.75 Å². The van der Waals surface area contributed by atoms with Crippen LogP contribution in [0.2, 0.25) is 0 Å². The second-order valence-corrected chi connectivity index (χ2v) is 5.41. The maximum Gasteiger partial charge on any atom is 0.176 e. The molecular weight excluding hydrogens is 254 g/mol. The van der Waals surface area contributed by atoms with Crippen LogP contribution in [0.1, 0.15) is 23.2 Å². The fraction of sp³-hybridized carbons (Fsp3) is 0.562. The highest BCUT2D eigenvalue weighted by atomic mass is 16.5. The lowest BCUT2D eigenvalue weighted by atomic mass is 10.1. The van der Waals surface area contributed by atoms with Crippen LogP contribution in [0.15, 0.2) is 24.3 Å². The van der Waals surface area contributed by atoms with Gasteiger partial charge in [-0.1, -0.05) is 0 Å². The van der Waals surface area contributed by atoms with Crippen molar-refractivity contribution in [2.75, 3.05) is 40.5 Å². The molecule has 4 nitrogen and oxygen atoms in total. The lowest BCUT2D eigenvalue weighted by Crippen LogP contribution is -2.29. The van der Waals surface area contributed by atoms with Crippen LogP contribution in [0, 0.1) is 5.92 Å². The molecule has 0 aliphatic heterocycles. The Kier molecular flexibility index (Phi) is 5.56. The molecule has 0 N–H and O–H groups in total. The van der Waals surface area contributed by atoms with Gasteiger partial charge in [0.05, 0.1) is 20.3 Å². The predicted octanol–water partition coefficient (Wildman–Crippen LogP) is 2.24. The van der Waals surface area contributed by atoms with E-state index in [2.05, 4.69) is 0 Å². The van der Waals surface area contributed by atoms with E-state index in [4.69, 9.17) is 9.47 Å². The van der Waals surface area contributed by atoms with Crippen LogP contribution in [-0.4, -0.2) is 51.1 Å². The monoisotopic (exact) mass is 277 g/mol. The third-order valence-corrected chi connectivity index (χ3v) is 3.49. The number of likely N-dealkylation sites (N-methyl/N-ethyl adjacent to an activating group) is 1. The molecule has 0 saturated heterocycles. The van der Waals surface area contributed by atoms with Crippen LogP contribution in [0.4, 0.5) is 0 Å². The van der Waals surface area contributed by atoms with Gasteiger partial charge in [-0.3, -0.25) is 9.69 Å². The van der Waals surface area contributed by atoms with Crippen molar-refractivity contribution in [2.24, 2.45) is 5.92 Å². The van der Waals surface area contributed by atoms with Gasteiger partial charge in [-0.2, -0.15) is 0 Å². The molecule has 0 atom stereocenters. The van der Waals surface area contributed by atoms with Gasteiger partial charge in [0.2, 0.25) is 0 Å². The fourth-order valence-corrected chi connectivity index (χ4v) is 1.95. The molecule has 110 valence electrons. The number of hydrogen-bond acceptors (Lipinski definition) is 4. The van der Waals surface area contributed by atoms with Gasteiger partial charge in [0.1, 0.15) is 5.75 Å². The van der Waals surface area contributed by atoms with Crippen molar-refractivity contribution in [3.05, 3.63) is 29.8 Å². The lowest BCUT2D eigenvalue weighted by Gasteiger charge is -2.15. The molecule has 4 heteroatoms. The van der Waals surface area contributed by atoms with Gasteiger partial charge in [-0.25, -0.2) is 0 Å². The van der Waals surface area contributed by atoms with E-state index in [9.17, 15) is 4.79 Å². The molecule has 1 aliphatic carbocycles. The number of benzene rings is 1. The summed E-state index contributed by atoms with van der Waals surface area (Å²) in [6.07, 6.45) is 2.62. The Morgan fingerprint density at radius 1 is 1.30 bits per heavy atom. The summed E-state index contributed by atoms with van der Waals surface area (Å²) in [5.74, 6) is 1.68. The first kappa shape index (κ1) is 15.0. The Hall–Kier alpha value is -1.39. The lowest BCUT2D eigenvalue weighted by molar-refractivity contribution is 0.0861. The summed E-state index contributed by atoms with van der Waals surface area (Å²) in [7, 11) is 3.56. The molecule has 0 amide bonds. The van der Waals surface area contributed by atoms with E-state index >= 15 is 0 Å². The number of carbonyl (C=O) groups excluding carboxylic acids is 1. The fourth-order valence-electron chi connectivity index (χ4n) is 1.95. The van der Waals surface area contributed by atoms with E-state index in [1.165, 1.54) is 12.8 Å². The van der Waals surface area contributed by atoms with Gasteiger partial charge >= 0.3 is 0 Å². The second kappa shape index (κ2) is 7.41. The highest BCUT2D eigenvalue weighted by Gasteiger charge is 2.21. The molecule has 0 radical (unpaired) electrons. The molecular formula is C16H23NO3. The Bertz CT molecular complexity index is 426. The molecule has 20 heavy (non-hydrogen) atoms. The van der Waals surface area contributed by atoms with Crippen LogP contribution in [-0.2, 0) is 4.74 Å². The minimum absolute atomic E-state index is 0.123. The van der Waals surface area contributed by atoms with Gasteiger partial charge in [-0.05, 0) is 50.1 Å². The maximum absolute atomic E-state index is 12.1. The normalized spacial score (nSPS) is 14.6. The maximum atomic E-state index is 12.1. The van der Waals surface area contributed by atoms with Crippen molar-refractivity contribution in [3.63, 3.8) is 0 Å². The van der Waals surface area contributed by atoms with Gasteiger partial charge in [0.25, 0.3) is 0 Å². The molecule has 0 heterocycles. The van der Waals surface area contributed by atoms with Crippen LogP contribution in [0.25, 0.3) is 0 Å². The van der Waals surface area contributed by atoms with Crippen molar-refractivity contribution in [1.29, 1.82) is 0 Å². The van der Waals surface area contributed by atoms with E-state index in [0.717, 1.165) is 30.4 Å². The first-order valence-electron chi connectivity index (χ1n) is 7.12. The smallest absolute Gasteiger partial charge is 0.176 e. The first-order valence-corrected chi connectivity index (χ1v) is 7.12. The summed E-state index contributed by atoms with van der Waals surface area (Å²) in [5.41, 5.74) is 0.719. The molecule has 1 aliphatic rings. The molecule has 0 bridgehead atoms. The minimum Gasteiger partial charge on any atom is -0.497 e. The van der Waals surface area contributed by atoms with E-state index in [1.54, 1.807) is 19.2 Å². The van der Waals surface area contributed by atoms with E-state index in [1.807, 2.05) is 24.1 Å². The van der Waals surface area contributed by atoms with Gasteiger partial charge in [0, 0.05) is 18.7 Å². The summed E-state index contributed by atoms with van der Waals surface area (Å²) >= 11 is 0. The molecule has 1 saturated carbocycles. The summed E-state index contributed by atoms with van der Waals surface area (Å²) in [6, 6.07) is 7.23. The average Bonchev–Trinajstić information content (AvgIpc) is 3.28. The third kappa shape index (κ3) is 4.94. The number of methoxy groups -OCH3 is 1. The Morgan fingerprint density at radius 3 is 2.60 bits per heavy atom. The summed E-state index contributed by atoms with van der Waals surface area (Å²) in [4.78, 5) is 14.1. The Morgan fingerprint density at radius 2 is 2.00 bits per heavy atom. The number of nitrogens with zero attached hydrogens (tertiary/aromatic N) is 1. The van der Waals surface area contributed by atoms with Crippen molar-refractivity contribution >= 4 is 5.78 Å². The van der Waals surface area contributed by atoms with Gasteiger partial charge < -0.3 is 9.47 Å². The molecule has 0 spiro atoms. The summed E-state index contributed by atoms with van der Waals surface area (Å²) < 4.78 is 10.7. The Labute approximate surface area is 120 Å². The number of rotatable bonds is 9. The number of ketones is 1. The highest BCUT2D eigenvalue weighted by molar-refractivity contribution is 5.97. The zero-order valence-electron chi connectivity index (χ0n) is 12.3. The number of carbonyl (C=O) groups is 1. The second-order valence-electron chi connectivity index (χ2n) is 5.41. The van der Waals surface area contributed by atoms with Crippen LogP contribution >= 0.6 is 0 Å². The van der Waals surface area contributed by atoms with Crippen molar-refractivity contribution in [2.45, 2.75) is 12.8 Å². The highest BCUT2D eigenvalue weighted by Crippen LogP contribution is 2.28. The molecule has 1 aromatic carbocycles. The number of ether oxygens (including phenoxy) is 2. The summed E-state index contributed by atoms with van der Waals surface area (Å²) in [5, 5.41) is 0. The van der Waals surface area contributed by atoms with E-state index < -0.39 is 0 Å². The van der Waals surface area contributed by atoms with Crippen LogP contribution in [0.3, 0.4) is 0 Å².